The number of sulfonamides is 1. The number of amides is 3. The molecular weight excluding hydrogens is 562 g/mol. The molecule has 0 aliphatic carbocycles. The van der Waals surface area contributed by atoms with Crippen molar-refractivity contribution >= 4 is 33.3 Å². The summed E-state index contributed by atoms with van der Waals surface area (Å²) >= 11 is 0. The van der Waals surface area contributed by atoms with Crippen LogP contribution in [0.3, 0.4) is 0 Å². The van der Waals surface area contributed by atoms with E-state index in [4.69, 9.17) is 9.26 Å². The Kier molecular flexibility index (Phi) is 9.24. The Morgan fingerprint density at radius 1 is 1.17 bits per heavy atom. The third-order valence-electron chi connectivity index (χ3n) is 7.38. The molecule has 3 amide bonds. The number of nitrogens with one attached hydrogen (secondary N) is 2. The fourth-order valence-corrected chi connectivity index (χ4v) is 5.91. The lowest BCUT2D eigenvalue weighted by molar-refractivity contribution is 0.0389. The normalized spacial score (nSPS) is 18.1. The summed E-state index contributed by atoms with van der Waals surface area (Å²) in [6.07, 6.45) is -0.718. The summed E-state index contributed by atoms with van der Waals surface area (Å²) in [6.45, 7) is 8.73. The molecule has 1 aliphatic rings. The molecule has 13 heteroatoms. The predicted octanol–water partition coefficient (Wildman–Crippen LogP) is 3.78. The van der Waals surface area contributed by atoms with Gasteiger partial charge in [-0.2, -0.15) is 4.31 Å². The number of fused-ring (bicyclic) bond motifs is 1. The number of para-hydroxylation sites is 1. The van der Waals surface area contributed by atoms with Gasteiger partial charge in [0.25, 0.3) is 5.91 Å². The van der Waals surface area contributed by atoms with Crippen LogP contribution in [0.25, 0.3) is 0 Å². The topological polar surface area (TPSA) is 154 Å². The van der Waals surface area contributed by atoms with E-state index in [-0.39, 0.29) is 53.4 Å². The fraction of sp³-hybridized carbons (Fsp3) is 0.414. The van der Waals surface area contributed by atoms with Crippen molar-refractivity contribution in [3.63, 3.8) is 0 Å². The van der Waals surface area contributed by atoms with Crippen molar-refractivity contribution in [1.29, 1.82) is 0 Å². The minimum Gasteiger partial charge on any atom is -0.486 e. The number of rotatable bonds is 8. The van der Waals surface area contributed by atoms with Crippen LogP contribution in [0.1, 0.15) is 41.2 Å². The molecule has 2 heterocycles. The van der Waals surface area contributed by atoms with Gasteiger partial charge in [0.15, 0.2) is 11.5 Å². The second-order valence-corrected chi connectivity index (χ2v) is 12.7. The lowest BCUT2D eigenvalue weighted by Gasteiger charge is -2.38. The Morgan fingerprint density at radius 3 is 2.48 bits per heavy atom. The number of urea groups is 1. The van der Waals surface area contributed by atoms with E-state index in [1.54, 1.807) is 68.1 Å². The Balaban J connectivity index is 1.70. The van der Waals surface area contributed by atoms with Crippen LogP contribution >= 0.6 is 0 Å². The Hall–Kier alpha value is -3.94. The average Bonchev–Trinajstić information content (AvgIpc) is 3.26. The number of nitrogens with zero attached hydrogens (tertiary/aromatic N) is 3. The molecule has 0 unspecified atom stereocenters. The van der Waals surface area contributed by atoms with E-state index in [9.17, 15) is 23.1 Å². The van der Waals surface area contributed by atoms with Gasteiger partial charge < -0.3 is 29.9 Å². The number of carbonyl (C=O) groups excluding carboxylic acids is 2. The maximum Gasteiger partial charge on any atom is 0.323 e. The summed E-state index contributed by atoms with van der Waals surface area (Å²) in [7, 11) is -2.37. The van der Waals surface area contributed by atoms with Gasteiger partial charge in [-0.15, -0.1) is 0 Å². The number of ether oxygens (including phenoxy) is 1. The molecule has 0 saturated heterocycles. The molecule has 2 aromatic carbocycles. The molecule has 0 saturated carbocycles. The molecule has 0 spiro atoms. The van der Waals surface area contributed by atoms with Crippen molar-refractivity contribution in [2.75, 3.05) is 37.4 Å². The zero-order valence-electron chi connectivity index (χ0n) is 24.5. The number of hydrogen-bond acceptors (Lipinski definition) is 8. The van der Waals surface area contributed by atoms with Gasteiger partial charge in [0.1, 0.15) is 17.5 Å². The highest BCUT2D eigenvalue weighted by Gasteiger charge is 2.36. The van der Waals surface area contributed by atoms with E-state index < -0.39 is 28.2 Å². The molecule has 0 bridgehead atoms. The van der Waals surface area contributed by atoms with Gasteiger partial charge in [0.2, 0.25) is 10.0 Å². The molecule has 0 fully saturated rings. The number of anilines is 2. The third-order valence-corrected chi connectivity index (χ3v) is 9.22. The number of hydrogen-bond donors (Lipinski definition) is 3. The number of aryl methyl sites for hydroxylation is 3. The summed E-state index contributed by atoms with van der Waals surface area (Å²) in [6, 6.07) is 10.2. The molecule has 12 nitrogen and oxygen atoms in total. The molecular formula is C29H37N5O7S. The summed E-state index contributed by atoms with van der Waals surface area (Å²) < 4.78 is 39.6. The van der Waals surface area contributed by atoms with E-state index >= 15 is 0 Å². The fourth-order valence-electron chi connectivity index (χ4n) is 4.73. The second-order valence-electron chi connectivity index (χ2n) is 10.7. The highest BCUT2D eigenvalue weighted by atomic mass is 32.2. The maximum absolute atomic E-state index is 13.7. The minimum atomic E-state index is -3.85. The van der Waals surface area contributed by atoms with Crippen LogP contribution in [0.15, 0.2) is 51.9 Å². The SMILES string of the molecule is Cc1ccc(S(=O)(=O)N(C)C[C@H]2Oc3c(NC(=O)Nc4c(C)noc4C)cccc3C(=O)N([C@H](C)CO)C[C@@H]2C)cc1. The van der Waals surface area contributed by atoms with Gasteiger partial charge in [-0.05, 0) is 52.0 Å². The van der Waals surface area contributed by atoms with E-state index in [1.807, 2.05) is 13.8 Å². The van der Waals surface area contributed by atoms with Crippen molar-refractivity contribution < 1.29 is 32.4 Å². The van der Waals surface area contributed by atoms with Crippen LogP contribution in [0.5, 0.6) is 5.75 Å². The van der Waals surface area contributed by atoms with Crippen molar-refractivity contribution in [3.8, 4) is 5.75 Å². The Bertz CT molecular complexity index is 1540. The summed E-state index contributed by atoms with van der Waals surface area (Å²) in [5.74, 6) is -0.203. The molecule has 1 aliphatic heterocycles. The predicted molar refractivity (Wildman–Crippen MR) is 157 cm³/mol. The van der Waals surface area contributed by atoms with Gasteiger partial charge in [0.05, 0.1) is 35.3 Å². The van der Waals surface area contributed by atoms with Crippen LogP contribution in [0.4, 0.5) is 16.2 Å². The number of aliphatic hydroxyl groups excluding tert-OH is 1. The number of aromatic nitrogens is 1. The monoisotopic (exact) mass is 599 g/mol. The Morgan fingerprint density at radius 2 is 1.86 bits per heavy atom. The Labute approximate surface area is 245 Å². The van der Waals surface area contributed by atoms with E-state index in [0.717, 1.165) is 5.56 Å². The number of likely N-dealkylation sites (N-methyl/N-ethyl adjacent to an activating group) is 1. The van der Waals surface area contributed by atoms with Gasteiger partial charge in [-0.1, -0.05) is 35.8 Å². The van der Waals surface area contributed by atoms with Crippen LogP contribution < -0.4 is 15.4 Å². The van der Waals surface area contributed by atoms with Crippen molar-refractivity contribution in [1.82, 2.24) is 14.4 Å². The van der Waals surface area contributed by atoms with E-state index in [2.05, 4.69) is 15.8 Å². The zero-order chi connectivity index (χ0) is 30.8. The van der Waals surface area contributed by atoms with Gasteiger partial charge >= 0.3 is 6.03 Å². The highest BCUT2D eigenvalue weighted by Crippen LogP contribution is 2.35. The molecule has 0 radical (unpaired) electrons. The first kappa shape index (κ1) is 31.0. The van der Waals surface area contributed by atoms with Gasteiger partial charge in [-0.25, -0.2) is 13.2 Å². The van der Waals surface area contributed by atoms with Crippen molar-refractivity contribution in [2.45, 2.75) is 51.7 Å². The molecule has 3 atom stereocenters. The highest BCUT2D eigenvalue weighted by molar-refractivity contribution is 7.89. The second kappa shape index (κ2) is 12.5. The van der Waals surface area contributed by atoms with Crippen molar-refractivity contribution in [3.05, 3.63) is 65.0 Å². The first-order chi connectivity index (χ1) is 19.8. The maximum atomic E-state index is 13.7. The smallest absolute Gasteiger partial charge is 0.323 e. The first-order valence-electron chi connectivity index (χ1n) is 13.6. The molecule has 1 aromatic heterocycles. The lowest BCUT2D eigenvalue weighted by atomic mass is 9.99. The van der Waals surface area contributed by atoms with Gasteiger partial charge in [-0.3, -0.25) is 4.79 Å². The molecule has 42 heavy (non-hydrogen) atoms. The average molecular weight is 600 g/mol. The van der Waals surface area contributed by atoms with E-state index in [1.165, 1.54) is 11.4 Å². The van der Waals surface area contributed by atoms with Crippen molar-refractivity contribution in [2.24, 2.45) is 5.92 Å². The first-order valence-corrected chi connectivity index (χ1v) is 15.0. The quantitative estimate of drug-likeness (QED) is 0.353. The summed E-state index contributed by atoms with van der Waals surface area (Å²) in [5, 5.41) is 19.2. The largest absolute Gasteiger partial charge is 0.486 e. The number of aliphatic hydroxyl groups is 1. The third kappa shape index (κ3) is 6.42. The van der Waals surface area contributed by atoms with Gasteiger partial charge in [0, 0.05) is 19.5 Å². The van der Waals surface area contributed by atoms with E-state index in [0.29, 0.717) is 17.1 Å². The lowest BCUT2D eigenvalue weighted by Crippen LogP contribution is -2.50. The molecule has 3 aromatic rings. The molecule has 3 N–H and O–H groups in total. The summed E-state index contributed by atoms with van der Waals surface area (Å²) in [5.41, 5.74) is 2.24. The zero-order valence-corrected chi connectivity index (χ0v) is 25.4. The summed E-state index contributed by atoms with van der Waals surface area (Å²) in [4.78, 5) is 28.4. The van der Waals surface area contributed by atoms with Crippen LogP contribution in [-0.2, 0) is 10.0 Å². The minimum absolute atomic E-state index is 0.0358. The van der Waals surface area contributed by atoms with Crippen LogP contribution in [0, 0.1) is 26.7 Å². The van der Waals surface area contributed by atoms with Crippen LogP contribution in [-0.4, -0.2) is 78.7 Å². The standard InChI is InChI=1S/C29H37N5O7S/c1-17-10-12-22(13-11-17)42(38,39)33(6)15-25-18(2)14-34(19(3)16-35)28(36)23-8-7-9-24(27(23)40-25)30-29(37)31-26-20(4)32-41-21(26)5/h7-13,18-19,25,35H,14-16H2,1-6H3,(H2,30,31,37)/t18-,19+,25+/m0/s1. The number of carbonyl (C=O) groups is 2. The molecule has 226 valence electrons. The van der Waals surface area contributed by atoms with Crippen LogP contribution in [0.2, 0.25) is 0 Å². The number of benzene rings is 2. The molecule has 4 rings (SSSR count).